The number of carbonyl (C=O) groups excluding carboxylic acids is 1. The van der Waals surface area contributed by atoms with E-state index < -0.39 is 0 Å². The Morgan fingerprint density at radius 2 is 1.94 bits per heavy atom. The molecule has 0 saturated carbocycles. The van der Waals surface area contributed by atoms with Crippen LogP contribution in [0.5, 0.6) is 5.75 Å². The zero-order valence-electron chi connectivity index (χ0n) is 10.1. The third-order valence-corrected chi connectivity index (χ3v) is 2.65. The van der Waals surface area contributed by atoms with Crippen LogP contribution >= 0.6 is 11.6 Å². The SMILES string of the molecule is CC(C)Oc1ccccc1C(=O)c1ccoc1Cl. The Bertz CT molecular complexity index is 558. The standard InChI is InChI=1S/C14H13ClO3/c1-9(2)18-12-6-4-3-5-10(12)13(16)11-7-8-17-14(11)15/h3-9H,1-2H3. The van der Waals surface area contributed by atoms with E-state index in [-0.39, 0.29) is 17.1 Å². The molecule has 0 saturated heterocycles. The zero-order chi connectivity index (χ0) is 13.1. The fourth-order valence-corrected chi connectivity index (χ4v) is 1.81. The van der Waals surface area contributed by atoms with Gasteiger partial charge in [0, 0.05) is 0 Å². The number of para-hydroxylation sites is 1. The molecule has 0 aliphatic rings. The summed E-state index contributed by atoms with van der Waals surface area (Å²) in [5.41, 5.74) is 0.825. The molecule has 1 aromatic heterocycles. The molecule has 3 nitrogen and oxygen atoms in total. The van der Waals surface area contributed by atoms with Crippen LogP contribution in [0, 0.1) is 0 Å². The summed E-state index contributed by atoms with van der Waals surface area (Å²) < 4.78 is 10.5. The number of carbonyl (C=O) groups is 1. The van der Waals surface area contributed by atoms with Gasteiger partial charge < -0.3 is 9.15 Å². The zero-order valence-corrected chi connectivity index (χ0v) is 10.9. The van der Waals surface area contributed by atoms with Crippen molar-refractivity contribution in [2.45, 2.75) is 20.0 Å². The van der Waals surface area contributed by atoms with Crippen molar-refractivity contribution < 1.29 is 13.9 Å². The van der Waals surface area contributed by atoms with E-state index in [1.807, 2.05) is 19.9 Å². The number of halogens is 1. The second-order valence-electron chi connectivity index (χ2n) is 4.10. The summed E-state index contributed by atoms with van der Waals surface area (Å²) >= 11 is 5.81. The first-order chi connectivity index (χ1) is 8.59. The van der Waals surface area contributed by atoms with Crippen LogP contribution in [0.15, 0.2) is 41.0 Å². The number of rotatable bonds is 4. The van der Waals surface area contributed by atoms with Gasteiger partial charge in [-0.3, -0.25) is 4.79 Å². The average molecular weight is 265 g/mol. The second-order valence-corrected chi connectivity index (χ2v) is 4.44. The van der Waals surface area contributed by atoms with Gasteiger partial charge in [0.15, 0.2) is 0 Å². The van der Waals surface area contributed by atoms with Crippen molar-refractivity contribution in [3.63, 3.8) is 0 Å². The molecule has 2 aromatic rings. The van der Waals surface area contributed by atoms with Crippen LogP contribution in [0.1, 0.15) is 29.8 Å². The molecule has 0 amide bonds. The largest absolute Gasteiger partial charge is 0.490 e. The van der Waals surface area contributed by atoms with E-state index in [0.717, 1.165) is 0 Å². The Hall–Kier alpha value is -1.74. The van der Waals surface area contributed by atoms with Gasteiger partial charge in [0.25, 0.3) is 0 Å². The molecule has 18 heavy (non-hydrogen) atoms. The molecule has 0 unspecified atom stereocenters. The highest BCUT2D eigenvalue weighted by molar-refractivity contribution is 6.33. The molecule has 0 aliphatic heterocycles. The van der Waals surface area contributed by atoms with Gasteiger partial charge in [0.1, 0.15) is 5.75 Å². The molecule has 0 fully saturated rings. The van der Waals surface area contributed by atoms with Crippen LogP contribution in [0.25, 0.3) is 0 Å². The van der Waals surface area contributed by atoms with E-state index in [2.05, 4.69) is 0 Å². The summed E-state index contributed by atoms with van der Waals surface area (Å²) in [5.74, 6) is 0.347. The van der Waals surface area contributed by atoms with Crippen LogP contribution in [0.3, 0.4) is 0 Å². The summed E-state index contributed by atoms with van der Waals surface area (Å²) in [6.07, 6.45) is 1.39. The number of ketones is 1. The lowest BCUT2D eigenvalue weighted by Gasteiger charge is -2.12. The predicted molar refractivity (Wildman–Crippen MR) is 69.4 cm³/mol. The molecule has 0 N–H and O–H groups in total. The van der Waals surface area contributed by atoms with Gasteiger partial charge in [0.2, 0.25) is 11.0 Å². The van der Waals surface area contributed by atoms with Gasteiger partial charge in [-0.1, -0.05) is 12.1 Å². The van der Waals surface area contributed by atoms with Crippen molar-refractivity contribution in [3.8, 4) is 5.75 Å². The van der Waals surface area contributed by atoms with Crippen LogP contribution in [0.4, 0.5) is 0 Å². The lowest BCUT2D eigenvalue weighted by atomic mass is 10.1. The monoisotopic (exact) mass is 264 g/mol. The van der Waals surface area contributed by atoms with E-state index in [1.165, 1.54) is 6.26 Å². The Kier molecular flexibility index (Phi) is 3.72. The Morgan fingerprint density at radius 3 is 2.56 bits per heavy atom. The third kappa shape index (κ3) is 2.57. The number of hydrogen-bond acceptors (Lipinski definition) is 3. The molecule has 0 radical (unpaired) electrons. The normalized spacial score (nSPS) is 10.7. The Labute approximate surface area is 110 Å². The molecule has 1 heterocycles. The fraction of sp³-hybridized carbons (Fsp3) is 0.214. The van der Waals surface area contributed by atoms with Crippen molar-refractivity contribution in [2.75, 3.05) is 0 Å². The maximum absolute atomic E-state index is 12.3. The highest BCUT2D eigenvalue weighted by Crippen LogP contribution is 2.26. The lowest BCUT2D eigenvalue weighted by Crippen LogP contribution is -2.10. The molecule has 4 heteroatoms. The Morgan fingerprint density at radius 1 is 1.22 bits per heavy atom. The van der Waals surface area contributed by atoms with Gasteiger partial charge in [-0.25, -0.2) is 0 Å². The maximum atomic E-state index is 12.3. The first kappa shape index (κ1) is 12.7. The molecule has 0 atom stereocenters. The topological polar surface area (TPSA) is 39.4 Å². The van der Waals surface area contributed by atoms with Crippen LogP contribution < -0.4 is 4.74 Å². The second kappa shape index (κ2) is 5.27. The molecule has 1 aromatic carbocycles. The van der Waals surface area contributed by atoms with Gasteiger partial charge in [0.05, 0.1) is 23.5 Å². The van der Waals surface area contributed by atoms with Crippen molar-refractivity contribution >= 4 is 17.4 Å². The number of hydrogen-bond donors (Lipinski definition) is 0. The average Bonchev–Trinajstić information content (AvgIpc) is 2.74. The van der Waals surface area contributed by atoms with Gasteiger partial charge in [-0.2, -0.15) is 0 Å². The lowest BCUT2D eigenvalue weighted by molar-refractivity contribution is 0.103. The van der Waals surface area contributed by atoms with Crippen molar-refractivity contribution in [3.05, 3.63) is 52.9 Å². The minimum Gasteiger partial charge on any atom is -0.490 e. The van der Waals surface area contributed by atoms with Crippen molar-refractivity contribution in [1.29, 1.82) is 0 Å². The number of benzene rings is 1. The molecular weight excluding hydrogens is 252 g/mol. The summed E-state index contributed by atoms with van der Waals surface area (Å²) in [6.45, 7) is 3.82. The van der Waals surface area contributed by atoms with E-state index in [9.17, 15) is 4.79 Å². The van der Waals surface area contributed by atoms with Crippen molar-refractivity contribution in [2.24, 2.45) is 0 Å². The number of ether oxygens (including phenoxy) is 1. The Balaban J connectivity index is 2.39. The molecule has 94 valence electrons. The maximum Gasteiger partial charge on any atom is 0.204 e. The van der Waals surface area contributed by atoms with Gasteiger partial charge in [-0.05, 0) is 43.6 Å². The van der Waals surface area contributed by atoms with Gasteiger partial charge >= 0.3 is 0 Å². The molecule has 0 bridgehead atoms. The first-order valence-corrected chi connectivity index (χ1v) is 6.00. The van der Waals surface area contributed by atoms with Crippen molar-refractivity contribution in [1.82, 2.24) is 0 Å². The van der Waals surface area contributed by atoms with E-state index in [4.69, 9.17) is 20.8 Å². The highest BCUT2D eigenvalue weighted by atomic mass is 35.5. The third-order valence-electron chi connectivity index (χ3n) is 2.36. The quantitative estimate of drug-likeness (QED) is 0.785. The minimum atomic E-state index is -0.204. The number of furan rings is 1. The smallest absolute Gasteiger partial charge is 0.204 e. The highest BCUT2D eigenvalue weighted by Gasteiger charge is 2.19. The molecular formula is C14H13ClO3. The van der Waals surface area contributed by atoms with Crippen LogP contribution in [-0.4, -0.2) is 11.9 Å². The summed E-state index contributed by atoms with van der Waals surface area (Å²) in [4.78, 5) is 12.3. The molecule has 0 aliphatic carbocycles. The molecule has 2 rings (SSSR count). The van der Waals surface area contributed by atoms with Gasteiger partial charge in [-0.15, -0.1) is 0 Å². The minimum absolute atomic E-state index is 0.00114. The summed E-state index contributed by atoms with van der Waals surface area (Å²) in [6, 6.07) is 8.64. The van der Waals surface area contributed by atoms with Crippen LogP contribution in [0.2, 0.25) is 5.22 Å². The van der Waals surface area contributed by atoms with E-state index in [1.54, 1.807) is 24.3 Å². The van der Waals surface area contributed by atoms with E-state index >= 15 is 0 Å². The van der Waals surface area contributed by atoms with Crippen LogP contribution in [-0.2, 0) is 0 Å². The fourth-order valence-electron chi connectivity index (χ4n) is 1.61. The predicted octanol–water partition coefficient (Wildman–Crippen LogP) is 3.95. The molecule has 0 spiro atoms. The summed E-state index contributed by atoms with van der Waals surface area (Å²) in [7, 11) is 0. The summed E-state index contributed by atoms with van der Waals surface area (Å²) in [5, 5.41) is 0.0966. The first-order valence-electron chi connectivity index (χ1n) is 5.63. The van der Waals surface area contributed by atoms with E-state index in [0.29, 0.717) is 16.9 Å².